The maximum atomic E-state index is 15.3. The van der Waals surface area contributed by atoms with E-state index in [2.05, 4.69) is 15.4 Å². The second kappa shape index (κ2) is 13.1. The Morgan fingerprint density at radius 2 is 1.96 bits per heavy atom. The van der Waals surface area contributed by atoms with Crippen molar-refractivity contribution in [1.82, 2.24) is 20.1 Å². The van der Waals surface area contributed by atoms with Crippen molar-refractivity contribution in [3.63, 3.8) is 0 Å². The highest BCUT2D eigenvalue weighted by molar-refractivity contribution is 7.10. The van der Waals surface area contributed by atoms with Crippen molar-refractivity contribution in [2.24, 2.45) is 5.73 Å². The largest absolute Gasteiger partial charge is 0.494 e. The van der Waals surface area contributed by atoms with E-state index in [1.807, 2.05) is 23.2 Å². The van der Waals surface area contributed by atoms with Gasteiger partial charge in [0.2, 0.25) is 5.91 Å². The first kappa shape index (κ1) is 33.3. The summed E-state index contributed by atoms with van der Waals surface area (Å²) in [4.78, 5) is 30.9. The molecule has 10 nitrogen and oxygen atoms in total. The second-order valence-electron chi connectivity index (χ2n) is 11.7. The molecule has 1 fully saturated rings. The van der Waals surface area contributed by atoms with Crippen LogP contribution in [0.2, 0.25) is 5.02 Å². The molecule has 3 aromatic heterocycles. The minimum Gasteiger partial charge on any atom is -0.494 e. The molecular weight excluding hydrogens is 664 g/mol. The summed E-state index contributed by atoms with van der Waals surface area (Å²) in [6.07, 6.45) is 3.60. The molecule has 0 radical (unpaired) electrons. The summed E-state index contributed by atoms with van der Waals surface area (Å²) < 4.78 is 42.8. The normalized spacial score (nSPS) is 14.1. The zero-order valence-corrected chi connectivity index (χ0v) is 27.8. The van der Waals surface area contributed by atoms with Crippen molar-refractivity contribution in [2.75, 3.05) is 20.3 Å². The number of nitrogens with zero attached hydrogens (tertiary/aromatic N) is 3. The van der Waals surface area contributed by atoms with E-state index in [1.54, 1.807) is 25.1 Å². The number of ether oxygens (including phenoxy) is 2. The number of benzene rings is 2. The smallest absolute Gasteiger partial charge is 0.251 e. The van der Waals surface area contributed by atoms with Crippen molar-refractivity contribution >= 4 is 45.7 Å². The van der Waals surface area contributed by atoms with Gasteiger partial charge in [-0.1, -0.05) is 11.6 Å². The first-order chi connectivity index (χ1) is 22.9. The van der Waals surface area contributed by atoms with Gasteiger partial charge in [-0.25, -0.2) is 13.8 Å². The molecule has 0 unspecified atom stereocenters. The Balaban J connectivity index is 1.45. The highest BCUT2D eigenvalue weighted by Gasteiger charge is 2.38. The summed E-state index contributed by atoms with van der Waals surface area (Å²) in [5, 5.41) is 22.1. The molecule has 1 aliphatic carbocycles. The Kier molecular flexibility index (Phi) is 9.12. The summed E-state index contributed by atoms with van der Waals surface area (Å²) in [5.41, 5.74) is 5.13. The van der Waals surface area contributed by atoms with Gasteiger partial charge in [-0.2, -0.15) is 5.10 Å². The van der Waals surface area contributed by atoms with Gasteiger partial charge in [-0.15, -0.1) is 11.3 Å². The number of aryl methyl sites for hydroxylation is 1. The molecule has 250 valence electrons. The number of nitrogens with one attached hydrogen (secondary N) is 1. The lowest BCUT2D eigenvalue weighted by atomic mass is 9.92. The molecule has 1 aliphatic rings. The van der Waals surface area contributed by atoms with Gasteiger partial charge in [0, 0.05) is 39.2 Å². The lowest BCUT2D eigenvalue weighted by Crippen LogP contribution is -2.42. The van der Waals surface area contributed by atoms with E-state index in [0.717, 1.165) is 29.9 Å². The number of amides is 2. The summed E-state index contributed by atoms with van der Waals surface area (Å²) in [5.74, 6) is -2.77. The van der Waals surface area contributed by atoms with E-state index in [4.69, 9.17) is 26.8 Å². The molecule has 5 aromatic rings. The van der Waals surface area contributed by atoms with Crippen LogP contribution >= 0.6 is 22.9 Å². The molecule has 6 rings (SSSR count). The SMILES string of the molecule is CCOc1c(CC(N)=O)cc([C@](O)(CNC(=O)c2cc(OC)c3nn(C4CC4)cc3c2)c2cc(C)cs2)nc1-c1cc(Cl)c(F)cc1F. The third-order valence-corrected chi connectivity index (χ3v) is 9.52. The molecule has 4 N–H and O–H groups in total. The Hall–Kier alpha value is -4.59. The van der Waals surface area contributed by atoms with Gasteiger partial charge in [0.05, 0.1) is 43.4 Å². The van der Waals surface area contributed by atoms with Crippen LogP contribution in [-0.4, -0.2) is 51.9 Å². The van der Waals surface area contributed by atoms with Crippen molar-refractivity contribution < 1.29 is 33.0 Å². The summed E-state index contributed by atoms with van der Waals surface area (Å²) in [6, 6.07) is 8.45. The number of rotatable bonds is 12. The van der Waals surface area contributed by atoms with Gasteiger partial charge in [0.15, 0.2) is 5.60 Å². The van der Waals surface area contributed by atoms with Crippen molar-refractivity contribution in [1.29, 1.82) is 0 Å². The number of pyridine rings is 1. The molecule has 2 amide bonds. The molecule has 1 saturated carbocycles. The Bertz CT molecular complexity index is 2060. The summed E-state index contributed by atoms with van der Waals surface area (Å²) >= 11 is 7.27. The number of fused-ring (bicyclic) bond motifs is 1. The van der Waals surface area contributed by atoms with Crippen LogP contribution in [0.1, 0.15) is 57.9 Å². The van der Waals surface area contributed by atoms with Crippen LogP contribution in [0.15, 0.2) is 48.0 Å². The number of aliphatic hydroxyl groups is 1. The van der Waals surface area contributed by atoms with E-state index >= 15 is 4.39 Å². The van der Waals surface area contributed by atoms with Crippen molar-refractivity contribution in [3.8, 4) is 22.8 Å². The number of carbonyl (C=O) groups is 2. The average molecular weight is 696 g/mol. The number of halogens is 3. The minimum atomic E-state index is -1.99. The predicted octanol–water partition coefficient (Wildman–Crippen LogP) is 5.84. The Morgan fingerprint density at radius 1 is 1.19 bits per heavy atom. The number of thiophene rings is 1. The molecule has 48 heavy (non-hydrogen) atoms. The quantitative estimate of drug-likeness (QED) is 0.139. The number of hydrogen-bond acceptors (Lipinski definition) is 8. The monoisotopic (exact) mass is 695 g/mol. The Labute approximate surface area is 283 Å². The molecular formula is C34H32ClF2N5O5S. The average Bonchev–Trinajstić information content (AvgIpc) is 3.66. The molecule has 0 spiro atoms. The van der Waals surface area contributed by atoms with Crippen LogP contribution in [0.5, 0.6) is 11.5 Å². The van der Waals surface area contributed by atoms with Crippen LogP contribution in [0.25, 0.3) is 22.2 Å². The number of primary amides is 1. The van der Waals surface area contributed by atoms with Crippen molar-refractivity contribution in [2.45, 2.75) is 44.8 Å². The Morgan fingerprint density at radius 3 is 2.60 bits per heavy atom. The van der Waals surface area contributed by atoms with Crippen LogP contribution in [0.3, 0.4) is 0 Å². The summed E-state index contributed by atoms with van der Waals surface area (Å²) in [6.45, 7) is 3.25. The zero-order valence-electron chi connectivity index (χ0n) is 26.3. The van der Waals surface area contributed by atoms with Crippen molar-refractivity contribution in [3.05, 3.63) is 91.9 Å². The lowest BCUT2D eigenvalue weighted by molar-refractivity contribution is -0.117. The molecule has 1 atom stereocenters. The predicted molar refractivity (Wildman–Crippen MR) is 178 cm³/mol. The maximum absolute atomic E-state index is 15.3. The molecule has 0 aliphatic heterocycles. The number of carbonyl (C=O) groups excluding carboxylic acids is 2. The van der Waals surface area contributed by atoms with E-state index in [-0.39, 0.29) is 58.4 Å². The third kappa shape index (κ3) is 6.45. The van der Waals surface area contributed by atoms with E-state index in [9.17, 15) is 19.1 Å². The highest BCUT2D eigenvalue weighted by atomic mass is 35.5. The standard InChI is InChI=1S/C34H32ClF2N5O5S/c1-4-47-32-18(11-29(38)43)10-27(40-31(32)22-12-23(35)25(37)13-24(22)36)34(45,28-7-17(2)15-48-28)16-39-33(44)19-8-20-14-42(21-5-6-21)41-30(20)26(9-19)46-3/h7-10,12-15,21,45H,4-6,11,16H2,1-3H3,(H2,38,43)(H,39,44)/t34-/m1/s1. The van der Waals surface area contributed by atoms with Crippen LogP contribution in [0.4, 0.5) is 8.78 Å². The molecule has 0 bridgehead atoms. The van der Waals surface area contributed by atoms with Gasteiger partial charge in [0.25, 0.3) is 5.91 Å². The maximum Gasteiger partial charge on any atom is 0.251 e. The fourth-order valence-corrected chi connectivity index (χ4v) is 6.68. The van der Waals surface area contributed by atoms with E-state index in [0.29, 0.717) is 28.3 Å². The molecule has 2 aromatic carbocycles. The lowest BCUT2D eigenvalue weighted by Gasteiger charge is -2.29. The number of methoxy groups -OCH3 is 1. The van der Waals surface area contributed by atoms with Gasteiger partial charge in [-0.05, 0) is 68.0 Å². The first-order valence-corrected chi connectivity index (χ1v) is 16.4. The van der Waals surface area contributed by atoms with Crippen LogP contribution < -0.4 is 20.5 Å². The van der Waals surface area contributed by atoms with Crippen LogP contribution in [-0.2, 0) is 16.8 Å². The van der Waals surface area contributed by atoms with Gasteiger partial charge >= 0.3 is 0 Å². The van der Waals surface area contributed by atoms with E-state index in [1.165, 1.54) is 24.5 Å². The van der Waals surface area contributed by atoms with E-state index < -0.39 is 29.0 Å². The van der Waals surface area contributed by atoms with Gasteiger partial charge < -0.3 is 25.6 Å². The zero-order chi connectivity index (χ0) is 34.3. The van der Waals surface area contributed by atoms with Gasteiger partial charge in [0.1, 0.15) is 34.3 Å². The molecule has 14 heteroatoms. The number of hydrogen-bond donors (Lipinski definition) is 3. The van der Waals surface area contributed by atoms with Gasteiger partial charge in [-0.3, -0.25) is 14.3 Å². The second-order valence-corrected chi connectivity index (χ2v) is 13.0. The first-order valence-electron chi connectivity index (χ1n) is 15.1. The third-order valence-electron chi connectivity index (χ3n) is 8.03. The summed E-state index contributed by atoms with van der Waals surface area (Å²) in [7, 11) is 1.50. The minimum absolute atomic E-state index is 0.0162. The van der Waals surface area contributed by atoms with Crippen LogP contribution in [0, 0.1) is 18.6 Å². The molecule has 3 heterocycles. The fraction of sp³-hybridized carbons (Fsp3) is 0.294. The topological polar surface area (TPSA) is 142 Å². The molecule has 0 saturated heterocycles. The number of aromatic nitrogens is 3. The number of nitrogens with two attached hydrogens (primary N) is 1. The highest BCUT2D eigenvalue weighted by Crippen LogP contribution is 2.41. The fourth-order valence-electron chi connectivity index (χ4n) is 5.51.